The minimum atomic E-state index is -0.641. The number of halogens is 1. The summed E-state index contributed by atoms with van der Waals surface area (Å²) in [7, 11) is 0. The van der Waals surface area contributed by atoms with Gasteiger partial charge in [-0.25, -0.2) is 0 Å². The van der Waals surface area contributed by atoms with Crippen molar-refractivity contribution in [3.63, 3.8) is 0 Å². The van der Waals surface area contributed by atoms with Crippen molar-refractivity contribution >= 4 is 18.3 Å². The lowest BCUT2D eigenvalue weighted by molar-refractivity contribution is -0.132. The largest absolute Gasteiger partial charge is 0.491 e. The highest BCUT2D eigenvalue weighted by atomic mass is 35.5. The Bertz CT molecular complexity index is 816. The molecule has 164 valence electrons. The van der Waals surface area contributed by atoms with Crippen LogP contribution >= 0.6 is 12.4 Å². The Hall–Kier alpha value is -2.09. The fourth-order valence-electron chi connectivity index (χ4n) is 4.16. The van der Waals surface area contributed by atoms with E-state index in [2.05, 4.69) is 15.7 Å². The van der Waals surface area contributed by atoms with E-state index in [1.54, 1.807) is 6.20 Å². The fourth-order valence-corrected chi connectivity index (χ4v) is 4.16. The molecule has 30 heavy (non-hydrogen) atoms. The van der Waals surface area contributed by atoms with Crippen LogP contribution in [0.4, 0.5) is 0 Å². The number of aromatic nitrogens is 2. The number of benzene rings is 1. The molecule has 0 saturated carbocycles. The molecule has 3 heterocycles. The Morgan fingerprint density at radius 3 is 2.93 bits per heavy atom. The number of hydrogen-bond acceptors (Lipinski definition) is 5. The van der Waals surface area contributed by atoms with Crippen molar-refractivity contribution in [1.82, 2.24) is 20.4 Å². The van der Waals surface area contributed by atoms with Gasteiger partial charge in [0.1, 0.15) is 17.9 Å². The molecule has 1 atom stereocenters. The van der Waals surface area contributed by atoms with Gasteiger partial charge in [-0.05, 0) is 63.4 Å². The molecule has 2 saturated heterocycles. The van der Waals surface area contributed by atoms with E-state index in [-0.39, 0.29) is 24.4 Å². The van der Waals surface area contributed by atoms with E-state index < -0.39 is 5.54 Å². The fraction of sp³-hybridized carbons (Fsp3) is 0.545. The first kappa shape index (κ1) is 22.6. The van der Waals surface area contributed by atoms with E-state index in [0.29, 0.717) is 13.2 Å². The zero-order valence-electron chi connectivity index (χ0n) is 17.4. The number of nitrogens with zero attached hydrogens (tertiary/aromatic N) is 2. The second kappa shape index (κ2) is 10.3. The number of rotatable bonds is 7. The summed E-state index contributed by atoms with van der Waals surface area (Å²) in [4.78, 5) is 13.3. The highest BCUT2D eigenvalue weighted by Crippen LogP contribution is 2.28. The van der Waals surface area contributed by atoms with Gasteiger partial charge in [-0.2, -0.15) is 5.10 Å². The van der Waals surface area contributed by atoms with Crippen LogP contribution in [-0.4, -0.2) is 48.1 Å². The van der Waals surface area contributed by atoms with Gasteiger partial charge in [-0.1, -0.05) is 12.1 Å². The number of carbonyl (C=O) groups is 1. The molecule has 0 bridgehead atoms. The third kappa shape index (κ3) is 4.96. The van der Waals surface area contributed by atoms with Gasteiger partial charge in [-0.3, -0.25) is 9.48 Å². The molecule has 2 aliphatic rings. The summed E-state index contributed by atoms with van der Waals surface area (Å²) >= 11 is 0. The highest BCUT2D eigenvalue weighted by Gasteiger charge is 2.41. The molecule has 7 nitrogen and oxygen atoms in total. The SMILES string of the molecule is Cc1ccc(CNC(=O)C2(n3cccn3)CCNCC2)c(OCC2CCCO2)c1.Cl. The standard InChI is InChI=1S/C22H30N4O3.ClH/c1-17-5-6-18(20(14-17)29-16-19-4-2-13-28-19)15-24-21(27)22(7-10-23-11-8-22)26-12-3-9-25-26;/h3,5-6,9,12,14,19,23H,2,4,7-8,10-11,13,15-16H2,1H3,(H,24,27);1H. The Kier molecular flexibility index (Phi) is 7.75. The summed E-state index contributed by atoms with van der Waals surface area (Å²) in [6.07, 6.45) is 7.35. The average molecular weight is 435 g/mol. The third-order valence-corrected chi connectivity index (χ3v) is 5.91. The van der Waals surface area contributed by atoms with Crippen LogP contribution in [0.5, 0.6) is 5.75 Å². The van der Waals surface area contributed by atoms with Gasteiger partial charge in [0.05, 0.1) is 6.10 Å². The molecule has 0 aliphatic carbocycles. The molecule has 4 rings (SSSR count). The average Bonchev–Trinajstić information content (AvgIpc) is 3.46. The lowest BCUT2D eigenvalue weighted by Gasteiger charge is -2.36. The number of piperidine rings is 1. The number of nitrogens with one attached hydrogen (secondary N) is 2. The first-order chi connectivity index (χ1) is 14.2. The highest BCUT2D eigenvalue weighted by molar-refractivity contribution is 5.85. The predicted molar refractivity (Wildman–Crippen MR) is 117 cm³/mol. The van der Waals surface area contributed by atoms with E-state index in [1.807, 2.05) is 42.1 Å². The molecular formula is C22H31ClN4O3. The molecule has 2 aliphatic heterocycles. The number of hydrogen-bond donors (Lipinski definition) is 2. The van der Waals surface area contributed by atoms with Gasteiger partial charge in [-0.15, -0.1) is 12.4 Å². The first-order valence-corrected chi connectivity index (χ1v) is 10.5. The van der Waals surface area contributed by atoms with Crippen LogP contribution in [0.15, 0.2) is 36.7 Å². The van der Waals surface area contributed by atoms with Gasteiger partial charge in [0.15, 0.2) is 0 Å². The third-order valence-electron chi connectivity index (χ3n) is 5.91. The first-order valence-electron chi connectivity index (χ1n) is 10.5. The molecule has 1 unspecified atom stereocenters. The lowest BCUT2D eigenvalue weighted by atomic mass is 9.87. The molecule has 2 aromatic rings. The van der Waals surface area contributed by atoms with Crippen molar-refractivity contribution in [3.8, 4) is 5.75 Å². The van der Waals surface area contributed by atoms with Gasteiger partial charge >= 0.3 is 0 Å². The maximum Gasteiger partial charge on any atom is 0.248 e. The minimum absolute atomic E-state index is 0. The molecule has 1 aromatic heterocycles. The van der Waals surface area contributed by atoms with E-state index in [0.717, 1.165) is 62.3 Å². The molecule has 2 N–H and O–H groups in total. The summed E-state index contributed by atoms with van der Waals surface area (Å²) in [5, 5.41) is 10.9. The molecule has 0 radical (unpaired) electrons. The van der Waals surface area contributed by atoms with E-state index in [1.165, 1.54) is 0 Å². The van der Waals surface area contributed by atoms with Crippen LogP contribution < -0.4 is 15.4 Å². The molecule has 1 aromatic carbocycles. The summed E-state index contributed by atoms with van der Waals surface area (Å²) in [6, 6.07) is 7.98. The number of ether oxygens (including phenoxy) is 2. The van der Waals surface area contributed by atoms with Crippen molar-refractivity contribution in [3.05, 3.63) is 47.8 Å². The molecule has 2 fully saturated rings. The van der Waals surface area contributed by atoms with Crippen LogP contribution in [0.3, 0.4) is 0 Å². The Balaban J connectivity index is 0.00000256. The smallest absolute Gasteiger partial charge is 0.248 e. The summed E-state index contributed by atoms with van der Waals surface area (Å²) in [6.45, 7) is 5.43. The van der Waals surface area contributed by atoms with Crippen LogP contribution in [0, 0.1) is 6.92 Å². The van der Waals surface area contributed by atoms with Crippen LogP contribution in [-0.2, 0) is 21.6 Å². The van der Waals surface area contributed by atoms with Crippen molar-refractivity contribution in [2.75, 3.05) is 26.3 Å². The Morgan fingerprint density at radius 1 is 1.40 bits per heavy atom. The van der Waals surface area contributed by atoms with Crippen molar-refractivity contribution < 1.29 is 14.3 Å². The Labute approximate surface area is 183 Å². The number of amides is 1. The van der Waals surface area contributed by atoms with Crippen LogP contribution in [0.25, 0.3) is 0 Å². The maximum absolute atomic E-state index is 13.3. The second-order valence-electron chi connectivity index (χ2n) is 7.97. The zero-order chi connectivity index (χ0) is 20.1. The van der Waals surface area contributed by atoms with Crippen LogP contribution in [0.1, 0.15) is 36.8 Å². The predicted octanol–water partition coefficient (Wildman–Crippen LogP) is 2.57. The number of carbonyl (C=O) groups excluding carboxylic acids is 1. The van der Waals surface area contributed by atoms with Gasteiger partial charge in [0.25, 0.3) is 0 Å². The summed E-state index contributed by atoms with van der Waals surface area (Å²) in [5.74, 6) is 0.826. The van der Waals surface area contributed by atoms with Crippen molar-refractivity contribution in [2.45, 2.75) is 50.8 Å². The molecular weight excluding hydrogens is 404 g/mol. The molecule has 8 heteroatoms. The minimum Gasteiger partial charge on any atom is -0.491 e. The van der Waals surface area contributed by atoms with Gasteiger partial charge < -0.3 is 20.1 Å². The quantitative estimate of drug-likeness (QED) is 0.700. The normalized spacial score (nSPS) is 20.4. The monoisotopic (exact) mass is 434 g/mol. The Morgan fingerprint density at radius 2 is 2.23 bits per heavy atom. The summed E-state index contributed by atoms with van der Waals surface area (Å²) in [5.41, 5.74) is 1.47. The van der Waals surface area contributed by atoms with Gasteiger partial charge in [0.2, 0.25) is 5.91 Å². The van der Waals surface area contributed by atoms with Crippen molar-refractivity contribution in [1.29, 1.82) is 0 Å². The number of aryl methyl sites for hydroxylation is 1. The van der Waals surface area contributed by atoms with Crippen molar-refractivity contribution in [2.24, 2.45) is 0 Å². The zero-order valence-corrected chi connectivity index (χ0v) is 18.2. The summed E-state index contributed by atoms with van der Waals surface area (Å²) < 4.78 is 13.6. The lowest BCUT2D eigenvalue weighted by Crippen LogP contribution is -2.54. The van der Waals surface area contributed by atoms with Gasteiger partial charge in [0, 0.05) is 31.1 Å². The maximum atomic E-state index is 13.3. The van der Waals surface area contributed by atoms with E-state index in [9.17, 15) is 4.79 Å². The second-order valence-corrected chi connectivity index (χ2v) is 7.97. The van der Waals surface area contributed by atoms with Crippen LogP contribution in [0.2, 0.25) is 0 Å². The molecule has 0 spiro atoms. The van der Waals surface area contributed by atoms with E-state index in [4.69, 9.17) is 9.47 Å². The molecule has 1 amide bonds. The topological polar surface area (TPSA) is 77.4 Å². The van der Waals surface area contributed by atoms with E-state index >= 15 is 0 Å².